The Morgan fingerprint density at radius 2 is 1.89 bits per heavy atom. The molecule has 0 unspecified atom stereocenters. The van der Waals surface area contributed by atoms with E-state index in [0.717, 1.165) is 24.5 Å². The van der Waals surface area contributed by atoms with Crippen molar-refractivity contribution in [3.8, 4) is 17.2 Å². The first-order valence-corrected chi connectivity index (χ1v) is 4.73. The van der Waals surface area contributed by atoms with Crippen LogP contribution in [0.2, 0.25) is 0 Å². The molecule has 0 aliphatic heterocycles. The fourth-order valence-electron chi connectivity index (χ4n) is 1.43. The molecule has 0 bridgehead atoms. The summed E-state index contributed by atoms with van der Waals surface area (Å²) in [5.74, 6) is -0.691. The second-order valence-corrected chi connectivity index (χ2v) is 3.48. The van der Waals surface area contributed by atoms with E-state index < -0.39 is 12.1 Å². The summed E-state index contributed by atoms with van der Waals surface area (Å²) in [5.41, 5.74) is 0.287. The molecule has 0 saturated carbocycles. The normalized spacial score (nSPS) is 11.3. The molecule has 0 aliphatic carbocycles. The van der Waals surface area contributed by atoms with Crippen LogP contribution in [0.15, 0.2) is 30.6 Å². The summed E-state index contributed by atoms with van der Waals surface area (Å²) in [5, 5.41) is 11.8. The third-order valence-corrected chi connectivity index (χ3v) is 2.20. The molecular formula is C11H5F4N3. The zero-order chi connectivity index (χ0) is 13.3. The first-order valence-electron chi connectivity index (χ1n) is 4.73. The average Bonchev–Trinajstić information content (AvgIpc) is 2.77. The van der Waals surface area contributed by atoms with Crippen LogP contribution in [0.25, 0.3) is 11.1 Å². The molecule has 92 valence electrons. The molecule has 0 fully saturated rings. The van der Waals surface area contributed by atoms with Crippen molar-refractivity contribution >= 4 is 0 Å². The Morgan fingerprint density at radius 1 is 1.17 bits per heavy atom. The van der Waals surface area contributed by atoms with Gasteiger partial charge in [-0.15, -0.1) is 13.2 Å². The van der Waals surface area contributed by atoms with Crippen LogP contribution in [0.3, 0.4) is 0 Å². The summed E-state index contributed by atoms with van der Waals surface area (Å²) in [4.78, 5) is 0. The summed E-state index contributed by atoms with van der Waals surface area (Å²) in [7, 11) is 0. The molecule has 2 aromatic rings. The van der Waals surface area contributed by atoms with E-state index in [1.807, 2.05) is 0 Å². The van der Waals surface area contributed by atoms with E-state index in [-0.39, 0.29) is 21.4 Å². The fourth-order valence-corrected chi connectivity index (χ4v) is 1.43. The molecule has 7 heteroatoms. The Labute approximate surface area is 98.9 Å². The van der Waals surface area contributed by atoms with Crippen LogP contribution in [0.4, 0.5) is 17.6 Å². The zero-order valence-corrected chi connectivity index (χ0v) is 8.74. The Balaban J connectivity index is 2.47. The van der Waals surface area contributed by atoms with Crippen LogP contribution >= 0.6 is 0 Å². The van der Waals surface area contributed by atoms with Crippen molar-refractivity contribution < 1.29 is 17.6 Å². The number of nitrogens with zero attached hydrogens (tertiary/aromatic N) is 3. The van der Waals surface area contributed by atoms with Gasteiger partial charge in [0.15, 0.2) is 0 Å². The van der Waals surface area contributed by atoms with Crippen LogP contribution in [0, 0.1) is 17.1 Å². The number of rotatable bonds is 1. The first kappa shape index (κ1) is 12.1. The van der Waals surface area contributed by atoms with Gasteiger partial charge in [-0.1, -0.05) is 0 Å². The average molecular weight is 255 g/mol. The van der Waals surface area contributed by atoms with Crippen molar-refractivity contribution in [3.05, 3.63) is 42.0 Å². The predicted octanol–water partition coefficient (Wildman–Crippen LogP) is 3.04. The number of halogens is 4. The standard InChI is InChI=1S/C11H5F4N3/c12-10-2-7(4-16)1-8(3-10)9-5-17-18(6-9)11(13,14)15/h1-3,5-6H. The third-order valence-electron chi connectivity index (χ3n) is 2.20. The molecule has 1 aromatic heterocycles. The van der Waals surface area contributed by atoms with E-state index in [4.69, 9.17) is 5.26 Å². The Kier molecular flexibility index (Phi) is 2.79. The van der Waals surface area contributed by atoms with Gasteiger partial charge in [-0.25, -0.2) is 4.39 Å². The van der Waals surface area contributed by atoms with E-state index in [1.54, 1.807) is 6.07 Å². The molecule has 1 aromatic carbocycles. The van der Waals surface area contributed by atoms with Crippen LogP contribution in [0.1, 0.15) is 5.56 Å². The van der Waals surface area contributed by atoms with Crippen molar-refractivity contribution in [1.29, 1.82) is 5.26 Å². The number of hydrogen-bond acceptors (Lipinski definition) is 2. The highest BCUT2D eigenvalue weighted by molar-refractivity contribution is 5.63. The predicted molar refractivity (Wildman–Crippen MR) is 53.6 cm³/mol. The summed E-state index contributed by atoms with van der Waals surface area (Å²) in [6, 6.07) is 5.06. The summed E-state index contributed by atoms with van der Waals surface area (Å²) in [6.07, 6.45) is -2.93. The van der Waals surface area contributed by atoms with Crippen molar-refractivity contribution in [3.63, 3.8) is 0 Å². The maximum absolute atomic E-state index is 13.1. The number of alkyl halides is 3. The molecule has 0 aliphatic rings. The van der Waals surface area contributed by atoms with Crippen LogP contribution in [-0.4, -0.2) is 9.78 Å². The highest BCUT2D eigenvalue weighted by Gasteiger charge is 2.31. The minimum Gasteiger partial charge on any atom is -0.207 e. The molecule has 0 spiro atoms. The number of hydrogen-bond donors (Lipinski definition) is 0. The van der Waals surface area contributed by atoms with Gasteiger partial charge in [-0.05, 0) is 23.8 Å². The Morgan fingerprint density at radius 3 is 2.44 bits per heavy atom. The lowest BCUT2D eigenvalue weighted by Gasteiger charge is -2.04. The van der Waals surface area contributed by atoms with Crippen molar-refractivity contribution in [2.45, 2.75) is 6.30 Å². The smallest absolute Gasteiger partial charge is 0.207 e. The SMILES string of the molecule is N#Cc1cc(F)cc(-c2cnn(C(F)(F)F)c2)c1. The van der Waals surface area contributed by atoms with Crippen LogP contribution < -0.4 is 0 Å². The molecule has 0 atom stereocenters. The summed E-state index contributed by atoms with van der Waals surface area (Å²) < 4.78 is 49.9. The molecule has 0 amide bonds. The fraction of sp³-hybridized carbons (Fsp3) is 0.0909. The van der Waals surface area contributed by atoms with Crippen LogP contribution in [-0.2, 0) is 6.30 Å². The van der Waals surface area contributed by atoms with Gasteiger partial charge in [-0.3, -0.25) is 0 Å². The molecule has 0 N–H and O–H groups in total. The number of nitriles is 1. The van der Waals surface area contributed by atoms with Gasteiger partial charge < -0.3 is 0 Å². The quantitative estimate of drug-likeness (QED) is 0.735. The molecule has 0 radical (unpaired) electrons. The monoisotopic (exact) mass is 255 g/mol. The molecule has 0 saturated heterocycles. The van der Waals surface area contributed by atoms with Gasteiger partial charge in [0, 0.05) is 11.8 Å². The molecule has 3 nitrogen and oxygen atoms in total. The van der Waals surface area contributed by atoms with Gasteiger partial charge in [0.05, 0.1) is 17.8 Å². The van der Waals surface area contributed by atoms with Gasteiger partial charge in [-0.2, -0.15) is 15.0 Å². The topological polar surface area (TPSA) is 41.6 Å². The van der Waals surface area contributed by atoms with E-state index in [1.165, 1.54) is 6.07 Å². The first-order chi connectivity index (χ1) is 8.40. The minimum atomic E-state index is -4.62. The number of benzene rings is 1. The zero-order valence-electron chi connectivity index (χ0n) is 8.74. The largest absolute Gasteiger partial charge is 0.504 e. The Hall–Kier alpha value is -2.36. The molecule has 2 rings (SSSR count). The van der Waals surface area contributed by atoms with Crippen LogP contribution in [0.5, 0.6) is 0 Å². The van der Waals surface area contributed by atoms with Gasteiger partial charge in [0.25, 0.3) is 0 Å². The van der Waals surface area contributed by atoms with E-state index in [0.29, 0.717) is 0 Å². The highest BCUT2D eigenvalue weighted by atomic mass is 19.4. The minimum absolute atomic E-state index is 0.0322. The molecule has 1 heterocycles. The lowest BCUT2D eigenvalue weighted by molar-refractivity contribution is -0.212. The molecular weight excluding hydrogens is 250 g/mol. The lowest BCUT2D eigenvalue weighted by atomic mass is 10.1. The van der Waals surface area contributed by atoms with Gasteiger partial charge in [0.1, 0.15) is 5.82 Å². The lowest BCUT2D eigenvalue weighted by Crippen LogP contribution is -2.16. The second-order valence-electron chi connectivity index (χ2n) is 3.48. The van der Waals surface area contributed by atoms with Crippen molar-refractivity contribution in [1.82, 2.24) is 9.78 Å². The maximum atomic E-state index is 13.1. The Bertz CT molecular complexity index is 622. The summed E-state index contributed by atoms with van der Waals surface area (Å²) >= 11 is 0. The third kappa shape index (κ3) is 2.32. The van der Waals surface area contributed by atoms with Crippen molar-refractivity contribution in [2.75, 3.05) is 0 Å². The van der Waals surface area contributed by atoms with Gasteiger partial charge >= 0.3 is 6.30 Å². The van der Waals surface area contributed by atoms with Gasteiger partial charge in [0.2, 0.25) is 0 Å². The maximum Gasteiger partial charge on any atom is 0.504 e. The second kappa shape index (κ2) is 4.14. The van der Waals surface area contributed by atoms with E-state index in [9.17, 15) is 17.6 Å². The van der Waals surface area contributed by atoms with E-state index in [2.05, 4.69) is 5.10 Å². The molecule has 18 heavy (non-hydrogen) atoms. The van der Waals surface area contributed by atoms with Crippen molar-refractivity contribution in [2.24, 2.45) is 0 Å². The number of aromatic nitrogens is 2. The van der Waals surface area contributed by atoms with E-state index >= 15 is 0 Å². The summed E-state index contributed by atoms with van der Waals surface area (Å²) in [6.45, 7) is 0. The highest BCUT2D eigenvalue weighted by Crippen LogP contribution is 2.26.